The van der Waals surface area contributed by atoms with Crippen LogP contribution >= 0.6 is 46.4 Å². The summed E-state index contributed by atoms with van der Waals surface area (Å²) < 4.78 is 10.9. The van der Waals surface area contributed by atoms with E-state index in [2.05, 4.69) is 41.7 Å². The van der Waals surface area contributed by atoms with Crippen LogP contribution in [0.5, 0.6) is 11.5 Å². The number of nitrogens with one attached hydrogen (secondary N) is 4. The van der Waals surface area contributed by atoms with E-state index in [1.165, 1.54) is 62.8 Å². The minimum atomic E-state index is -1.68. The zero-order chi connectivity index (χ0) is 48.2. The van der Waals surface area contributed by atoms with Crippen molar-refractivity contribution in [1.82, 2.24) is 0 Å². The predicted molar refractivity (Wildman–Crippen MR) is 255 cm³/mol. The van der Waals surface area contributed by atoms with Gasteiger partial charge >= 0.3 is 0 Å². The Hall–Kier alpha value is -6.72. The lowest BCUT2D eigenvalue weighted by Gasteiger charge is -2.18. The van der Waals surface area contributed by atoms with Gasteiger partial charge in [-0.15, -0.1) is 23.2 Å². The smallest absolute Gasteiger partial charge is 0.258 e. The van der Waals surface area contributed by atoms with E-state index in [-0.39, 0.29) is 66.2 Å². The average molecular weight is 977 g/mol. The minimum Gasteiger partial charge on any atom is -0.494 e. The second-order valence-electron chi connectivity index (χ2n) is 14.4. The summed E-state index contributed by atoms with van der Waals surface area (Å²) in [6, 6.07) is 22.0. The molecule has 5 aromatic carbocycles. The van der Waals surface area contributed by atoms with Crippen molar-refractivity contribution in [1.29, 1.82) is 0 Å². The fourth-order valence-corrected chi connectivity index (χ4v) is 6.77. The number of carbonyl (C=O) groups excluding carboxylic acids is 6. The number of hydrogen-bond acceptors (Lipinski definition) is 12. The van der Waals surface area contributed by atoms with Crippen molar-refractivity contribution in [2.75, 3.05) is 35.5 Å². The lowest BCUT2D eigenvalue weighted by molar-refractivity contribution is -0.127. The largest absolute Gasteiger partial charge is 0.494 e. The summed E-state index contributed by atoms with van der Waals surface area (Å²) in [6.07, 6.45) is 0. The number of alkyl halides is 2. The molecule has 0 heterocycles. The molecule has 0 aliphatic carbocycles. The van der Waals surface area contributed by atoms with Gasteiger partial charge in [-0.25, -0.2) is 0 Å². The second kappa shape index (κ2) is 22.9. The van der Waals surface area contributed by atoms with Gasteiger partial charge in [-0.2, -0.15) is 20.5 Å². The molecule has 342 valence electrons. The van der Waals surface area contributed by atoms with Gasteiger partial charge in [-0.3, -0.25) is 28.8 Å². The topological polar surface area (TPSA) is 218 Å². The van der Waals surface area contributed by atoms with Crippen molar-refractivity contribution in [2.45, 2.75) is 50.5 Å². The molecule has 4 amide bonds. The van der Waals surface area contributed by atoms with Crippen LogP contribution in [0.1, 0.15) is 70.3 Å². The van der Waals surface area contributed by atoms with Crippen molar-refractivity contribution in [3.8, 4) is 11.5 Å². The highest BCUT2D eigenvalue weighted by atomic mass is 35.5. The first-order valence-corrected chi connectivity index (χ1v) is 21.4. The zero-order valence-corrected chi connectivity index (χ0v) is 39.1. The quantitative estimate of drug-likeness (QED) is 0.0375. The summed E-state index contributed by atoms with van der Waals surface area (Å²) in [7, 11) is 2.57. The number of Topliss-reactive ketones (excluding diaryl/α,β-unsaturated/α-hetero) is 2. The number of nitrogens with zero attached hydrogens (tertiary/aromatic N) is 4. The van der Waals surface area contributed by atoms with Crippen molar-refractivity contribution in [3.63, 3.8) is 0 Å². The summed E-state index contributed by atoms with van der Waals surface area (Å²) in [4.78, 5) is 78.7. The molecular formula is C46H42Cl4N8O8. The van der Waals surface area contributed by atoms with Crippen molar-refractivity contribution in [3.05, 3.63) is 129 Å². The summed E-state index contributed by atoms with van der Waals surface area (Å²) in [5.41, 5.74) is 2.89. The number of ketones is 2. The monoisotopic (exact) mass is 974 g/mol. The van der Waals surface area contributed by atoms with E-state index in [1.807, 2.05) is 13.8 Å². The van der Waals surface area contributed by atoms with Gasteiger partial charge in [-0.05, 0) is 87.4 Å². The van der Waals surface area contributed by atoms with Crippen molar-refractivity contribution < 1.29 is 38.2 Å². The number of methoxy groups -OCH3 is 2. The molecule has 4 atom stereocenters. The van der Waals surface area contributed by atoms with E-state index >= 15 is 0 Å². The third-order valence-corrected chi connectivity index (χ3v) is 10.9. The van der Waals surface area contributed by atoms with Gasteiger partial charge in [0.1, 0.15) is 22.9 Å². The van der Waals surface area contributed by atoms with Gasteiger partial charge in [0.05, 0.1) is 57.5 Å². The Morgan fingerprint density at radius 1 is 0.530 bits per heavy atom. The third-order valence-electron chi connectivity index (χ3n) is 9.57. The highest BCUT2D eigenvalue weighted by Gasteiger charge is 2.28. The Morgan fingerprint density at radius 2 is 0.879 bits per heavy atom. The first-order valence-electron chi connectivity index (χ1n) is 19.8. The van der Waals surface area contributed by atoms with Crippen molar-refractivity contribution in [2.24, 2.45) is 20.5 Å². The molecule has 0 aliphatic heterocycles. The standard InChI is InChI=1S/C46H42Cl4N8O8/c1-23(47)27-13-17-29(18-14-27)51-43(61)31-9-7-11-33(39(31)49)55-57-41(25(3)59)45(63)53-35-21-38(66-6)36(22-37(35)65-5)54-46(64)42(26(4)60)58-56-34-12-8-10-32(40(34)50)44(62)52-30-19-15-28(16-20-30)24(2)48/h7-24,41-42H,1-6H3,(H,51,61)(H,52,62)(H,53,63)(H,54,64). The molecule has 0 bridgehead atoms. The van der Waals surface area contributed by atoms with E-state index < -0.39 is 47.3 Å². The summed E-state index contributed by atoms with van der Waals surface area (Å²) in [5, 5.41) is 26.0. The zero-order valence-electron chi connectivity index (χ0n) is 36.1. The summed E-state index contributed by atoms with van der Waals surface area (Å²) >= 11 is 25.3. The van der Waals surface area contributed by atoms with Crippen LogP contribution in [0, 0.1) is 0 Å². The van der Waals surface area contributed by atoms with Gasteiger partial charge in [0.2, 0.25) is 12.1 Å². The van der Waals surface area contributed by atoms with Gasteiger partial charge in [0.25, 0.3) is 23.6 Å². The molecule has 4 N–H and O–H groups in total. The van der Waals surface area contributed by atoms with Gasteiger partial charge in [0, 0.05) is 23.5 Å². The maximum Gasteiger partial charge on any atom is 0.258 e. The number of rotatable bonds is 18. The fraction of sp³-hybridized carbons (Fsp3) is 0.217. The number of benzene rings is 5. The van der Waals surface area contributed by atoms with E-state index in [0.29, 0.717) is 11.4 Å². The predicted octanol–water partition coefficient (Wildman–Crippen LogP) is 11.5. The Labute approximate surface area is 399 Å². The molecule has 5 rings (SSSR count). The van der Waals surface area contributed by atoms with Crippen molar-refractivity contribution >= 4 is 116 Å². The first-order chi connectivity index (χ1) is 31.4. The molecule has 66 heavy (non-hydrogen) atoms. The van der Waals surface area contributed by atoms with Crippen LogP contribution in [0.15, 0.2) is 118 Å². The average Bonchev–Trinajstić information content (AvgIpc) is 3.27. The number of halogens is 4. The number of anilines is 4. The van der Waals surface area contributed by atoms with Crippen LogP contribution in [0.25, 0.3) is 0 Å². The molecule has 5 aromatic rings. The van der Waals surface area contributed by atoms with E-state index in [9.17, 15) is 28.8 Å². The molecule has 0 spiro atoms. The number of carbonyl (C=O) groups is 6. The molecule has 0 saturated carbocycles. The molecule has 0 saturated heterocycles. The molecule has 0 aliphatic rings. The van der Waals surface area contributed by atoms with Crippen LogP contribution in [0.3, 0.4) is 0 Å². The van der Waals surface area contributed by atoms with Gasteiger partial charge < -0.3 is 30.7 Å². The van der Waals surface area contributed by atoms with Crippen LogP contribution in [-0.2, 0) is 19.2 Å². The molecule has 16 nitrogen and oxygen atoms in total. The lowest BCUT2D eigenvalue weighted by atomic mass is 10.1. The van der Waals surface area contributed by atoms with Crippen LogP contribution in [0.2, 0.25) is 10.0 Å². The SMILES string of the molecule is COc1cc(NC(=O)C(N=Nc2cccc(C(=O)Nc3ccc(C(C)Cl)cc3)c2Cl)C(C)=O)c(OC)cc1NC(=O)C(N=Nc1cccc(C(=O)Nc2ccc(C(C)Cl)cc2)c1Cl)C(C)=O. The van der Waals surface area contributed by atoms with Gasteiger partial charge in [0.15, 0.2) is 11.6 Å². The molecule has 0 aromatic heterocycles. The number of amides is 4. The normalized spacial score (nSPS) is 13.0. The fourth-order valence-electron chi connectivity index (χ4n) is 5.98. The molecular weight excluding hydrogens is 934 g/mol. The van der Waals surface area contributed by atoms with Crippen LogP contribution in [-0.4, -0.2) is 61.5 Å². The number of azo groups is 2. The molecule has 4 unspecified atom stereocenters. The summed E-state index contributed by atoms with van der Waals surface area (Å²) in [6.45, 7) is 5.92. The summed E-state index contributed by atoms with van der Waals surface area (Å²) in [5.74, 6) is -4.29. The van der Waals surface area contributed by atoms with E-state index in [4.69, 9.17) is 55.9 Å². The highest BCUT2D eigenvalue weighted by molar-refractivity contribution is 6.37. The number of hydrogen-bond donors (Lipinski definition) is 4. The lowest BCUT2D eigenvalue weighted by Crippen LogP contribution is -2.32. The number of ether oxygens (including phenoxy) is 2. The molecule has 0 radical (unpaired) electrons. The Morgan fingerprint density at radius 3 is 1.18 bits per heavy atom. The van der Waals surface area contributed by atoms with Gasteiger partial charge in [-0.1, -0.05) is 59.6 Å². The maximum atomic E-state index is 13.5. The minimum absolute atomic E-state index is 0.000295. The first kappa shape index (κ1) is 50.3. The van der Waals surface area contributed by atoms with Crippen LogP contribution in [0.4, 0.5) is 34.1 Å². The van der Waals surface area contributed by atoms with E-state index in [1.54, 1.807) is 48.5 Å². The van der Waals surface area contributed by atoms with Crippen LogP contribution < -0.4 is 30.7 Å². The Balaban J connectivity index is 1.29. The highest BCUT2D eigenvalue weighted by Crippen LogP contribution is 2.38. The second-order valence-corrected chi connectivity index (χ2v) is 16.4. The maximum absolute atomic E-state index is 13.5. The molecule has 20 heteroatoms. The Bertz CT molecular complexity index is 2530. The Kier molecular flexibility index (Phi) is 17.5. The molecule has 0 fully saturated rings. The van der Waals surface area contributed by atoms with E-state index in [0.717, 1.165) is 25.0 Å². The third kappa shape index (κ3) is 12.8.